The van der Waals surface area contributed by atoms with E-state index >= 15 is 0 Å². The van der Waals surface area contributed by atoms with E-state index in [2.05, 4.69) is 33.9 Å². The maximum Gasteiger partial charge on any atom is 0.166 e. The molecule has 0 saturated heterocycles. The first kappa shape index (κ1) is 15.7. The molecule has 0 unspecified atom stereocenters. The van der Waals surface area contributed by atoms with E-state index in [-0.39, 0.29) is 5.78 Å². The summed E-state index contributed by atoms with van der Waals surface area (Å²) in [5.74, 6) is 6.38. The number of carbonyl (C=O) groups excluding carboxylic acids is 1. The maximum absolute atomic E-state index is 11.9. The molecule has 0 spiro atoms. The van der Waals surface area contributed by atoms with Crippen LogP contribution in [0.15, 0.2) is 12.1 Å². The van der Waals surface area contributed by atoms with Crippen LogP contribution in [0.2, 0.25) is 5.15 Å². The van der Waals surface area contributed by atoms with Crippen molar-refractivity contribution in [2.24, 2.45) is 0 Å². The van der Waals surface area contributed by atoms with Gasteiger partial charge in [-0.3, -0.25) is 4.79 Å². The molecular weight excluding hydrogens is 312 g/mol. The second-order valence-corrected chi connectivity index (χ2v) is 6.00. The van der Waals surface area contributed by atoms with Crippen molar-refractivity contribution in [3.8, 4) is 17.7 Å². The van der Waals surface area contributed by atoms with Gasteiger partial charge in [0.15, 0.2) is 11.6 Å². The van der Waals surface area contributed by atoms with E-state index < -0.39 is 0 Å². The molecule has 0 bridgehead atoms. The van der Waals surface area contributed by atoms with E-state index in [4.69, 9.17) is 11.6 Å². The molecule has 1 aliphatic rings. The van der Waals surface area contributed by atoms with Crippen molar-refractivity contribution in [2.45, 2.75) is 26.8 Å². The minimum atomic E-state index is -0.0653. The fraction of sp³-hybridized carbons (Fsp3) is 0.353. The van der Waals surface area contributed by atoms with Gasteiger partial charge in [-0.2, -0.15) is 5.10 Å². The molecule has 0 aromatic carbocycles. The van der Waals surface area contributed by atoms with Crippen LogP contribution in [0.1, 0.15) is 41.2 Å². The normalized spacial score (nSPS) is 14.1. The van der Waals surface area contributed by atoms with E-state index in [9.17, 15) is 4.79 Å². The van der Waals surface area contributed by atoms with Gasteiger partial charge < -0.3 is 4.90 Å². The summed E-state index contributed by atoms with van der Waals surface area (Å²) in [7, 11) is 2.07. The van der Waals surface area contributed by atoms with Crippen LogP contribution in [0, 0.1) is 11.8 Å². The van der Waals surface area contributed by atoms with Crippen LogP contribution >= 0.6 is 11.6 Å². The van der Waals surface area contributed by atoms with Crippen molar-refractivity contribution in [1.82, 2.24) is 19.7 Å². The summed E-state index contributed by atoms with van der Waals surface area (Å²) in [6, 6.07) is 3.32. The molecule has 118 valence electrons. The average Bonchev–Trinajstić information content (AvgIpc) is 2.85. The Kier molecular flexibility index (Phi) is 4.20. The number of hydrogen-bond donors (Lipinski definition) is 0. The third-order valence-electron chi connectivity index (χ3n) is 3.91. The Hall–Kier alpha value is -2.16. The summed E-state index contributed by atoms with van der Waals surface area (Å²) < 4.78 is 1.74. The lowest BCUT2D eigenvalue weighted by Gasteiger charge is -2.23. The highest BCUT2D eigenvalue weighted by Gasteiger charge is 2.25. The van der Waals surface area contributed by atoms with Gasteiger partial charge in [0.2, 0.25) is 0 Å². The van der Waals surface area contributed by atoms with Gasteiger partial charge in [-0.05, 0) is 38.9 Å². The lowest BCUT2D eigenvalue weighted by Crippen LogP contribution is -2.27. The molecule has 23 heavy (non-hydrogen) atoms. The Morgan fingerprint density at radius 2 is 2.17 bits per heavy atom. The predicted octanol–water partition coefficient (Wildman–Crippen LogP) is 2.48. The van der Waals surface area contributed by atoms with Crippen molar-refractivity contribution >= 4 is 17.4 Å². The number of hydrogen-bond acceptors (Lipinski definition) is 4. The molecule has 0 radical (unpaired) electrons. The van der Waals surface area contributed by atoms with Gasteiger partial charge >= 0.3 is 0 Å². The molecule has 0 N–H and O–H groups in total. The molecule has 0 atom stereocenters. The molecule has 0 fully saturated rings. The summed E-state index contributed by atoms with van der Waals surface area (Å²) >= 11 is 6.05. The third-order valence-corrected chi connectivity index (χ3v) is 4.12. The first-order valence-electron chi connectivity index (χ1n) is 7.41. The molecule has 3 rings (SSSR count). The van der Waals surface area contributed by atoms with Crippen LogP contribution in [0.25, 0.3) is 5.82 Å². The van der Waals surface area contributed by atoms with Gasteiger partial charge in [0.1, 0.15) is 10.8 Å². The fourth-order valence-electron chi connectivity index (χ4n) is 2.81. The Bertz CT molecular complexity index is 844. The van der Waals surface area contributed by atoms with E-state index in [0.717, 1.165) is 36.5 Å². The zero-order valence-corrected chi connectivity index (χ0v) is 14.1. The van der Waals surface area contributed by atoms with Crippen LogP contribution < -0.4 is 0 Å². The molecule has 0 saturated carbocycles. The van der Waals surface area contributed by atoms with Gasteiger partial charge in [-0.15, -0.1) is 0 Å². The Morgan fingerprint density at radius 1 is 1.39 bits per heavy atom. The van der Waals surface area contributed by atoms with Crippen molar-refractivity contribution in [3.05, 3.63) is 39.8 Å². The predicted molar refractivity (Wildman–Crippen MR) is 89.0 cm³/mol. The lowest BCUT2D eigenvalue weighted by atomic mass is 10.1. The van der Waals surface area contributed by atoms with Gasteiger partial charge in [0, 0.05) is 25.1 Å². The number of pyridine rings is 1. The highest BCUT2D eigenvalue weighted by Crippen LogP contribution is 2.26. The van der Waals surface area contributed by atoms with Crippen LogP contribution in [0.5, 0.6) is 0 Å². The van der Waals surface area contributed by atoms with E-state index in [0.29, 0.717) is 16.5 Å². The van der Waals surface area contributed by atoms with Crippen LogP contribution in [0.3, 0.4) is 0 Å². The topological polar surface area (TPSA) is 51.0 Å². The minimum Gasteiger partial charge on any atom is -0.302 e. The number of Topliss-reactive ketones (excluding diaryl/α,β-unsaturated/α-hetero) is 1. The van der Waals surface area contributed by atoms with Crippen molar-refractivity contribution < 1.29 is 4.79 Å². The largest absolute Gasteiger partial charge is 0.302 e. The molecule has 2 aromatic heterocycles. The molecule has 3 heterocycles. The minimum absolute atomic E-state index is 0.0653. The van der Waals surface area contributed by atoms with Gasteiger partial charge in [0.25, 0.3) is 0 Å². The molecule has 0 aliphatic carbocycles. The number of likely N-dealkylation sites (N-methyl/N-ethyl adjacent to an activating group) is 1. The molecule has 1 aliphatic heterocycles. The van der Waals surface area contributed by atoms with Crippen molar-refractivity contribution in [1.29, 1.82) is 0 Å². The van der Waals surface area contributed by atoms with Gasteiger partial charge in [0.05, 0.1) is 11.3 Å². The highest BCUT2D eigenvalue weighted by molar-refractivity contribution is 6.29. The SMILES string of the molecule is CC#Cc1nn(-c2nc(Cl)ccc2C(C)=O)c2c1CN(C)CC2. The van der Waals surface area contributed by atoms with Gasteiger partial charge in [-0.1, -0.05) is 17.5 Å². The number of halogens is 1. The number of rotatable bonds is 2. The number of aromatic nitrogens is 3. The maximum atomic E-state index is 11.9. The van der Waals surface area contributed by atoms with Crippen molar-refractivity contribution in [2.75, 3.05) is 13.6 Å². The Balaban J connectivity index is 2.25. The molecule has 6 heteroatoms. The first-order chi connectivity index (χ1) is 11.0. The van der Waals surface area contributed by atoms with Crippen LogP contribution in [0.4, 0.5) is 0 Å². The monoisotopic (exact) mass is 328 g/mol. The summed E-state index contributed by atoms with van der Waals surface area (Å²) in [5, 5.41) is 4.95. The number of fused-ring (bicyclic) bond motifs is 1. The quantitative estimate of drug-likeness (QED) is 0.483. The standard InChI is InChI=1S/C17H17ClN4O/c1-4-5-14-13-10-21(3)9-8-15(13)22(20-14)17-12(11(2)23)6-7-16(18)19-17/h6-7H,8-10H2,1-3H3. The molecule has 2 aromatic rings. The number of ketones is 1. The smallest absolute Gasteiger partial charge is 0.166 e. The number of nitrogens with zero attached hydrogens (tertiary/aromatic N) is 4. The molecular formula is C17H17ClN4O. The van der Waals surface area contributed by atoms with E-state index in [1.165, 1.54) is 6.92 Å². The fourth-order valence-corrected chi connectivity index (χ4v) is 2.95. The van der Waals surface area contributed by atoms with Crippen molar-refractivity contribution in [3.63, 3.8) is 0 Å². The molecule has 0 amide bonds. The second-order valence-electron chi connectivity index (χ2n) is 5.61. The Morgan fingerprint density at radius 3 is 2.87 bits per heavy atom. The van der Waals surface area contributed by atoms with Crippen LogP contribution in [-0.4, -0.2) is 39.0 Å². The Labute approximate surface area is 140 Å². The molecule has 5 nitrogen and oxygen atoms in total. The third kappa shape index (κ3) is 2.88. The van der Waals surface area contributed by atoms with E-state index in [1.54, 1.807) is 23.7 Å². The zero-order valence-electron chi connectivity index (χ0n) is 13.4. The number of carbonyl (C=O) groups is 1. The van der Waals surface area contributed by atoms with E-state index in [1.807, 2.05) is 0 Å². The summed E-state index contributed by atoms with van der Waals surface area (Å²) in [6.45, 7) is 5.02. The zero-order chi connectivity index (χ0) is 16.6. The first-order valence-corrected chi connectivity index (χ1v) is 7.79. The summed E-state index contributed by atoms with van der Waals surface area (Å²) in [4.78, 5) is 18.5. The lowest BCUT2D eigenvalue weighted by molar-refractivity contribution is 0.101. The van der Waals surface area contributed by atoms with Crippen LogP contribution in [-0.2, 0) is 13.0 Å². The second kappa shape index (κ2) is 6.15. The average molecular weight is 329 g/mol. The highest BCUT2D eigenvalue weighted by atomic mass is 35.5. The van der Waals surface area contributed by atoms with Gasteiger partial charge in [-0.25, -0.2) is 9.67 Å². The summed E-state index contributed by atoms with van der Waals surface area (Å²) in [6.07, 6.45) is 0.829. The summed E-state index contributed by atoms with van der Waals surface area (Å²) in [5.41, 5.74) is 3.41.